The van der Waals surface area contributed by atoms with Gasteiger partial charge in [0.05, 0.1) is 23.1 Å². The molecule has 0 aliphatic rings. The maximum atomic E-state index is 12.7. The van der Waals surface area contributed by atoms with E-state index in [2.05, 4.69) is 39.0 Å². The molecule has 2 aromatic rings. The summed E-state index contributed by atoms with van der Waals surface area (Å²) < 4.78 is 46.1. The Hall–Kier alpha value is -1.60. The van der Waals surface area contributed by atoms with E-state index in [0.29, 0.717) is 11.3 Å². The molecule has 7 heteroatoms. The number of alkyl halides is 3. The quantitative estimate of drug-likeness (QED) is 0.692. The van der Waals surface area contributed by atoms with E-state index in [1.165, 1.54) is 12.1 Å². The zero-order valence-corrected chi connectivity index (χ0v) is 16.6. The van der Waals surface area contributed by atoms with Gasteiger partial charge in [0.25, 0.3) is 0 Å². The zero-order chi connectivity index (χ0) is 19.0. The van der Waals surface area contributed by atoms with Gasteiger partial charge in [-0.2, -0.15) is 18.3 Å². The minimum atomic E-state index is -4.33. The minimum Gasteiger partial charge on any atom is -0.412 e. The van der Waals surface area contributed by atoms with Crippen LogP contribution in [0.3, 0.4) is 0 Å². The summed E-state index contributed by atoms with van der Waals surface area (Å²) >= 11 is 0. The Bertz CT molecular complexity index is 715. The second kappa shape index (κ2) is 6.95. The van der Waals surface area contributed by atoms with E-state index in [1.807, 2.05) is 13.1 Å². The van der Waals surface area contributed by atoms with Gasteiger partial charge in [0, 0.05) is 12.6 Å². The lowest BCUT2D eigenvalue weighted by atomic mass is 9.87. The van der Waals surface area contributed by atoms with Crippen molar-refractivity contribution in [3.8, 4) is 11.3 Å². The molecule has 0 spiro atoms. The first-order valence-corrected chi connectivity index (χ1v) is 11.0. The molecule has 138 valence electrons. The zero-order valence-electron chi connectivity index (χ0n) is 15.5. The molecule has 0 radical (unpaired) electrons. The molecule has 1 heterocycles. The summed E-state index contributed by atoms with van der Waals surface area (Å²) in [5.74, 6) is 0. The summed E-state index contributed by atoms with van der Waals surface area (Å²) in [5.41, 5.74) is 1.47. The second-order valence-corrected chi connectivity index (χ2v) is 9.95. The summed E-state index contributed by atoms with van der Waals surface area (Å²) in [6.45, 7) is 10.6. The van der Waals surface area contributed by atoms with Gasteiger partial charge in [-0.1, -0.05) is 32.9 Å². The normalized spacial score (nSPS) is 14.2. The van der Waals surface area contributed by atoms with Crippen molar-refractivity contribution in [1.82, 2.24) is 9.78 Å². The molecule has 1 aromatic carbocycles. The highest BCUT2D eigenvalue weighted by atomic mass is 28.3. The van der Waals surface area contributed by atoms with Crippen LogP contribution in [0.15, 0.2) is 30.3 Å². The molecular formula is C18H25F3N2OSi. The Balaban J connectivity index is 2.38. The van der Waals surface area contributed by atoms with Crippen LogP contribution in [0.5, 0.6) is 0 Å². The molecule has 0 aliphatic heterocycles. The predicted octanol–water partition coefficient (Wildman–Crippen LogP) is 5.19. The largest absolute Gasteiger partial charge is 0.416 e. The van der Waals surface area contributed by atoms with Crippen LogP contribution < -0.4 is 0 Å². The smallest absolute Gasteiger partial charge is 0.412 e. The number of aromatic nitrogens is 2. The average Bonchev–Trinajstić information content (AvgIpc) is 2.84. The highest BCUT2D eigenvalue weighted by Gasteiger charge is 2.32. The fourth-order valence-electron chi connectivity index (χ4n) is 2.69. The van der Waals surface area contributed by atoms with Crippen LogP contribution in [-0.4, -0.2) is 18.8 Å². The van der Waals surface area contributed by atoms with Gasteiger partial charge < -0.3 is 4.43 Å². The van der Waals surface area contributed by atoms with Crippen molar-refractivity contribution in [3.63, 3.8) is 0 Å². The summed E-state index contributed by atoms with van der Waals surface area (Å²) in [4.78, 5) is 0. The van der Waals surface area contributed by atoms with E-state index < -0.39 is 20.8 Å². The number of hydrogen-bond acceptors (Lipinski definition) is 2. The lowest BCUT2D eigenvalue weighted by molar-refractivity contribution is -0.137. The molecule has 1 aromatic heterocycles. The Morgan fingerprint density at radius 1 is 1.08 bits per heavy atom. The predicted molar refractivity (Wildman–Crippen MR) is 95.8 cm³/mol. The van der Waals surface area contributed by atoms with Gasteiger partial charge in [0.1, 0.15) is 0 Å². The summed E-state index contributed by atoms with van der Waals surface area (Å²) in [6, 6.07) is 7.00. The molecule has 0 aliphatic carbocycles. The first kappa shape index (κ1) is 19.7. The highest BCUT2D eigenvalue weighted by Crippen LogP contribution is 2.38. The van der Waals surface area contributed by atoms with Gasteiger partial charge in [-0.15, -0.1) is 0 Å². The summed E-state index contributed by atoms with van der Waals surface area (Å²) in [6.07, 6.45) is -4.44. The third-order valence-electron chi connectivity index (χ3n) is 3.89. The number of benzene rings is 1. The van der Waals surface area contributed by atoms with Crippen LogP contribution in [0.1, 0.15) is 38.1 Å². The van der Waals surface area contributed by atoms with E-state index in [-0.39, 0.29) is 11.5 Å². The number of halogens is 3. The van der Waals surface area contributed by atoms with E-state index in [4.69, 9.17) is 4.43 Å². The monoisotopic (exact) mass is 370 g/mol. The molecule has 0 fully saturated rings. The van der Waals surface area contributed by atoms with Crippen LogP contribution >= 0.6 is 0 Å². The van der Waals surface area contributed by atoms with Gasteiger partial charge in [0.2, 0.25) is 0 Å². The van der Waals surface area contributed by atoms with Crippen LogP contribution in [0.4, 0.5) is 13.2 Å². The van der Waals surface area contributed by atoms with Gasteiger partial charge in [-0.25, -0.2) is 0 Å². The van der Waals surface area contributed by atoms with E-state index in [9.17, 15) is 13.2 Å². The van der Waals surface area contributed by atoms with Gasteiger partial charge in [0.15, 0.2) is 9.04 Å². The Morgan fingerprint density at radius 3 is 2.08 bits per heavy atom. The average molecular weight is 370 g/mol. The first-order chi connectivity index (χ1) is 11.4. The third kappa shape index (κ3) is 4.73. The Kier molecular flexibility index (Phi) is 5.49. The van der Waals surface area contributed by atoms with Crippen molar-refractivity contribution in [1.29, 1.82) is 0 Å². The van der Waals surface area contributed by atoms with Crippen LogP contribution in [0.2, 0.25) is 13.1 Å². The molecule has 0 saturated heterocycles. The molecule has 0 saturated carbocycles. The lowest BCUT2D eigenvalue weighted by Gasteiger charge is -2.32. The van der Waals surface area contributed by atoms with Crippen LogP contribution in [0.25, 0.3) is 11.3 Å². The van der Waals surface area contributed by atoms with Crippen molar-refractivity contribution in [2.45, 2.75) is 46.1 Å². The number of aryl methyl sites for hydroxylation is 1. The molecule has 25 heavy (non-hydrogen) atoms. The van der Waals surface area contributed by atoms with Gasteiger partial charge in [-0.05, 0) is 36.7 Å². The number of rotatable bonds is 4. The maximum absolute atomic E-state index is 12.7. The SMILES string of the molecule is Cn1nc(-c2ccc(C(F)(F)F)cc2)cc1C(O[SiH](C)C)C(C)(C)C. The van der Waals surface area contributed by atoms with E-state index in [1.54, 1.807) is 4.68 Å². The molecule has 1 atom stereocenters. The molecule has 0 N–H and O–H groups in total. The molecule has 0 bridgehead atoms. The summed E-state index contributed by atoms with van der Waals surface area (Å²) in [7, 11) is 0.565. The van der Waals surface area contributed by atoms with Gasteiger partial charge in [-0.3, -0.25) is 4.68 Å². The molecule has 3 nitrogen and oxygen atoms in total. The van der Waals surface area contributed by atoms with Crippen molar-refractivity contribution in [3.05, 3.63) is 41.6 Å². The minimum absolute atomic E-state index is 0.109. The lowest BCUT2D eigenvalue weighted by Crippen LogP contribution is -2.27. The van der Waals surface area contributed by atoms with Crippen LogP contribution in [0, 0.1) is 5.41 Å². The number of nitrogens with zero attached hydrogens (tertiary/aromatic N) is 2. The Labute approximate surface area is 148 Å². The van der Waals surface area contributed by atoms with E-state index >= 15 is 0 Å². The second-order valence-electron chi connectivity index (χ2n) is 7.58. The molecule has 1 unspecified atom stereocenters. The van der Waals surface area contributed by atoms with Gasteiger partial charge >= 0.3 is 6.18 Å². The fraction of sp³-hybridized carbons (Fsp3) is 0.500. The topological polar surface area (TPSA) is 27.1 Å². The third-order valence-corrected chi connectivity index (χ3v) is 4.70. The highest BCUT2D eigenvalue weighted by molar-refractivity contribution is 6.48. The van der Waals surface area contributed by atoms with Crippen molar-refractivity contribution >= 4 is 9.04 Å². The Morgan fingerprint density at radius 2 is 1.64 bits per heavy atom. The first-order valence-electron chi connectivity index (χ1n) is 8.26. The van der Waals surface area contributed by atoms with Crippen molar-refractivity contribution in [2.24, 2.45) is 12.5 Å². The van der Waals surface area contributed by atoms with Crippen molar-refractivity contribution < 1.29 is 17.6 Å². The molecule has 0 amide bonds. The fourth-order valence-corrected chi connectivity index (χ4v) is 3.78. The van der Waals surface area contributed by atoms with Crippen LogP contribution in [-0.2, 0) is 17.6 Å². The maximum Gasteiger partial charge on any atom is 0.416 e. The standard InChI is InChI=1S/C18H25F3N2OSi/c1-17(2,3)16(24-25(5)6)15-11-14(22-23(15)4)12-7-9-13(10-8-12)18(19,20)21/h7-11,16,25H,1-6H3. The molecular weight excluding hydrogens is 345 g/mol. The molecule has 2 rings (SSSR count). The summed E-state index contributed by atoms with van der Waals surface area (Å²) in [5, 5.41) is 4.49. The number of hydrogen-bond donors (Lipinski definition) is 0. The van der Waals surface area contributed by atoms with E-state index in [0.717, 1.165) is 17.8 Å². The van der Waals surface area contributed by atoms with Crippen molar-refractivity contribution in [2.75, 3.05) is 0 Å².